The summed E-state index contributed by atoms with van der Waals surface area (Å²) in [5.41, 5.74) is 0.777. The molecule has 23 heavy (non-hydrogen) atoms. The van der Waals surface area contributed by atoms with Crippen molar-refractivity contribution in [3.05, 3.63) is 65.7 Å². The second kappa shape index (κ2) is 6.39. The number of aryl methyl sites for hydroxylation is 1. The maximum atomic E-state index is 12.3. The topological polar surface area (TPSA) is 68.3 Å². The van der Waals surface area contributed by atoms with E-state index in [1.54, 1.807) is 17.5 Å². The zero-order chi connectivity index (χ0) is 16.3. The Morgan fingerprint density at radius 3 is 2.26 bits per heavy atom. The predicted molar refractivity (Wildman–Crippen MR) is 90.6 cm³/mol. The zero-order valence-corrected chi connectivity index (χ0v) is 13.9. The molecule has 0 aliphatic rings. The lowest BCUT2D eigenvalue weighted by Gasteiger charge is -2.08. The lowest BCUT2D eigenvalue weighted by Crippen LogP contribution is -2.12. The molecule has 2 aromatic carbocycles. The van der Waals surface area contributed by atoms with Gasteiger partial charge in [-0.3, -0.25) is 4.72 Å². The fourth-order valence-corrected chi connectivity index (χ4v) is 3.83. The molecule has 5 nitrogen and oxygen atoms in total. The van der Waals surface area contributed by atoms with Gasteiger partial charge in [-0.05, 0) is 43.3 Å². The van der Waals surface area contributed by atoms with Crippen molar-refractivity contribution in [1.82, 2.24) is 4.98 Å². The summed E-state index contributed by atoms with van der Waals surface area (Å²) in [5.74, 6) is 1.26. The predicted octanol–water partition coefficient (Wildman–Crippen LogP) is 4.04. The summed E-state index contributed by atoms with van der Waals surface area (Å²) in [4.78, 5) is 4.26. The van der Waals surface area contributed by atoms with E-state index in [0.29, 0.717) is 16.6 Å². The number of thiazole rings is 1. The van der Waals surface area contributed by atoms with Gasteiger partial charge in [0.25, 0.3) is 10.0 Å². The molecule has 1 aromatic heterocycles. The summed E-state index contributed by atoms with van der Waals surface area (Å²) in [6.45, 7) is 1.81. The number of ether oxygens (including phenoxy) is 1. The van der Waals surface area contributed by atoms with Gasteiger partial charge in [0, 0.05) is 5.38 Å². The van der Waals surface area contributed by atoms with Crippen LogP contribution in [0.15, 0.2) is 64.9 Å². The van der Waals surface area contributed by atoms with Gasteiger partial charge in [-0.2, -0.15) is 0 Å². The first kappa shape index (κ1) is 15.5. The number of nitrogens with one attached hydrogen (secondary N) is 1. The van der Waals surface area contributed by atoms with Crippen LogP contribution in [0, 0.1) is 6.92 Å². The molecule has 118 valence electrons. The van der Waals surface area contributed by atoms with Gasteiger partial charge in [-0.1, -0.05) is 18.2 Å². The number of nitrogens with zero attached hydrogens (tertiary/aromatic N) is 1. The number of hydrogen-bond acceptors (Lipinski definition) is 5. The van der Waals surface area contributed by atoms with Crippen molar-refractivity contribution in [1.29, 1.82) is 0 Å². The van der Waals surface area contributed by atoms with Gasteiger partial charge in [0.15, 0.2) is 5.13 Å². The minimum absolute atomic E-state index is 0.158. The van der Waals surface area contributed by atoms with Gasteiger partial charge in [0.1, 0.15) is 11.5 Å². The Bertz CT molecular complexity index is 889. The van der Waals surface area contributed by atoms with Crippen LogP contribution in [-0.2, 0) is 10.0 Å². The van der Waals surface area contributed by atoms with Gasteiger partial charge < -0.3 is 4.74 Å². The molecule has 0 aliphatic carbocycles. The number of sulfonamides is 1. The van der Waals surface area contributed by atoms with Crippen LogP contribution in [0.1, 0.15) is 5.69 Å². The molecule has 1 heterocycles. The normalized spacial score (nSPS) is 11.2. The van der Waals surface area contributed by atoms with E-state index in [-0.39, 0.29) is 4.90 Å². The van der Waals surface area contributed by atoms with Gasteiger partial charge in [0.05, 0.1) is 10.6 Å². The minimum atomic E-state index is -3.65. The van der Waals surface area contributed by atoms with Crippen LogP contribution < -0.4 is 9.46 Å². The van der Waals surface area contributed by atoms with E-state index in [2.05, 4.69) is 9.71 Å². The second-order valence-corrected chi connectivity index (χ2v) is 7.33. The Morgan fingerprint density at radius 1 is 1.00 bits per heavy atom. The third-order valence-corrected chi connectivity index (χ3v) is 5.31. The quantitative estimate of drug-likeness (QED) is 0.757. The lowest BCUT2D eigenvalue weighted by molar-refractivity contribution is 0.482. The van der Waals surface area contributed by atoms with Crippen LogP contribution in [0.3, 0.4) is 0 Å². The van der Waals surface area contributed by atoms with Crippen molar-refractivity contribution in [3.63, 3.8) is 0 Å². The molecule has 0 fully saturated rings. The molecule has 0 radical (unpaired) electrons. The first-order valence-corrected chi connectivity index (χ1v) is 9.17. The van der Waals surface area contributed by atoms with Crippen molar-refractivity contribution < 1.29 is 13.2 Å². The average molecular weight is 346 g/mol. The fraction of sp³-hybridized carbons (Fsp3) is 0.0625. The maximum Gasteiger partial charge on any atom is 0.263 e. The van der Waals surface area contributed by atoms with Gasteiger partial charge in [-0.15, -0.1) is 11.3 Å². The highest BCUT2D eigenvalue weighted by Gasteiger charge is 2.16. The monoisotopic (exact) mass is 346 g/mol. The molecule has 7 heteroatoms. The molecule has 0 saturated carbocycles. The standard InChI is InChI=1S/C16H14N2O3S2/c1-12-11-22-16(17-12)18-23(19,20)15-9-7-14(8-10-15)21-13-5-3-2-4-6-13/h2-11H,1H3,(H,17,18). The minimum Gasteiger partial charge on any atom is -0.457 e. The number of anilines is 1. The number of benzene rings is 2. The summed E-state index contributed by atoms with van der Waals surface area (Å²) in [6.07, 6.45) is 0. The summed E-state index contributed by atoms with van der Waals surface area (Å²) < 4.78 is 32.7. The fourth-order valence-electron chi connectivity index (χ4n) is 1.89. The third-order valence-electron chi connectivity index (χ3n) is 2.95. The van der Waals surface area contributed by atoms with Crippen LogP contribution >= 0.6 is 11.3 Å². The molecule has 0 atom stereocenters. The van der Waals surface area contributed by atoms with E-state index in [4.69, 9.17) is 4.74 Å². The second-order valence-electron chi connectivity index (χ2n) is 4.79. The number of aromatic nitrogens is 1. The van der Waals surface area contributed by atoms with Gasteiger partial charge >= 0.3 is 0 Å². The Labute approximate surface area is 138 Å². The Morgan fingerprint density at radius 2 is 1.65 bits per heavy atom. The molecular weight excluding hydrogens is 332 g/mol. The van der Waals surface area contributed by atoms with E-state index in [9.17, 15) is 8.42 Å². The van der Waals surface area contributed by atoms with Crippen molar-refractivity contribution in [2.24, 2.45) is 0 Å². The van der Waals surface area contributed by atoms with E-state index < -0.39 is 10.0 Å². The molecular formula is C16H14N2O3S2. The molecule has 3 rings (SSSR count). The molecule has 0 spiro atoms. The number of rotatable bonds is 5. The summed E-state index contributed by atoms with van der Waals surface area (Å²) >= 11 is 1.25. The van der Waals surface area contributed by atoms with E-state index in [0.717, 1.165) is 5.69 Å². The highest BCUT2D eigenvalue weighted by molar-refractivity contribution is 7.93. The molecule has 0 amide bonds. The maximum absolute atomic E-state index is 12.3. The Balaban J connectivity index is 1.76. The van der Waals surface area contributed by atoms with Crippen LogP contribution in [0.25, 0.3) is 0 Å². The molecule has 0 aliphatic heterocycles. The Hall–Kier alpha value is -2.38. The molecule has 0 unspecified atom stereocenters. The third kappa shape index (κ3) is 3.88. The van der Waals surface area contributed by atoms with E-state index in [1.807, 2.05) is 37.3 Å². The SMILES string of the molecule is Cc1csc(NS(=O)(=O)c2ccc(Oc3ccccc3)cc2)n1. The van der Waals surface area contributed by atoms with Crippen molar-refractivity contribution in [3.8, 4) is 11.5 Å². The first-order valence-electron chi connectivity index (χ1n) is 6.81. The summed E-state index contributed by atoms with van der Waals surface area (Å²) in [5, 5.41) is 2.14. The molecule has 0 bridgehead atoms. The van der Waals surface area contributed by atoms with Crippen LogP contribution in [0.2, 0.25) is 0 Å². The van der Waals surface area contributed by atoms with E-state index >= 15 is 0 Å². The summed E-state index contributed by atoms with van der Waals surface area (Å²) in [7, 11) is -3.65. The zero-order valence-electron chi connectivity index (χ0n) is 12.3. The highest BCUT2D eigenvalue weighted by Crippen LogP contribution is 2.24. The van der Waals surface area contributed by atoms with Gasteiger partial charge in [0.2, 0.25) is 0 Å². The Kier molecular flexibility index (Phi) is 4.31. The first-order chi connectivity index (χ1) is 11.0. The number of para-hydroxylation sites is 1. The van der Waals surface area contributed by atoms with Crippen LogP contribution in [0.5, 0.6) is 11.5 Å². The van der Waals surface area contributed by atoms with Crippen LogP contribution in [-0.4, -0.2) is 13.4 Å². The average Bonchev–Trinajstić information content (AvgIpc) is 2.93. The lowest BCUT2D eigenvalue weighted by atomic mass is 10.3. The molecule has 0 saturated heterocycles. The highest BCUT2D eigenvalue weighted by atomic mass is 32.2. The molecule has 3 aromatic rings. The van der Waals surface area contributed by atoms with Crippen molar-refractivity contribution >= 4 is 26.5 Å². The largest absolute Gasteiger partial charge is 0.457 e. The van der Waals surface area contributed by atoms with Gasteiger partial charge in [-0.25, -0.2) is 13.4 Å². The van der Waals surface area contributed by atoms with E-state index in [1.165, 1.54) is 23.5 Å². The van der Waals surface area contributed by atoms with Crippen molar-refractivity contribution in [2.45, 2.75) is 11.8 Å². The number of hydrogen-bond donors (Lipinski definition) is 1. The summed E-state index contributed by atoms with van der Waals surface area (Å²) in [6, 6.07) is 15.5. The van der Waals surface area contributed by atoms with Crippen LogP contribution in [0.4, 0.5) is 5.13 Å². The smallest absolute Gasteiger partial charge is 0.263 e. The van der Waals surface area contributed by atoms with Crippen molar-refractivity contribution in [2.75, 3.05) is 4.72 Å². The molecule has 1 N–H and O–H groups in total.